The van der Waals surface area contributed by atoms with Crippen molar-refractivity contribution in [2.24, 2.45) is 0 Å². The van der Waals surface area contributed by atoms with Gasteiger partial charge >= 0.3 is 5.97 Å². The summed E-state index contributed by atoms with van der Waals surface area (Å²) < 4.78 is 6.92. The zero-order valence-electron chi connectivity index (χ0n) is 14.6. The van der Waals surface area contributed by atoms with Gasteiger partial charge in [-0.3, -0.25) is 4.79 Å². The highest BCUT2D eigenvalue weighted by molar-refractivity contribution is 6.30. The largest absolute Gasteiger partial charge is 0.479 e. The van der Waals surface area contributed by atoms with Gasteiger partial charge in [0.25, 0.3) is 5.91 Å². The first-order chi connectivity index (χ1) is 12.4. The summed E-state index contributed by atoms with van der Waals surface area (Å²) in [6, 6.07) is 7.21. The highest BCUT2D eigenvalue weighted by Crippen LogP contribution is 2.25. The van der Waals surface area contributed by atoms with Gasteiger partial charge in [-0.25, -0.2) is 9.48 Å². The zero-order valence-corrected chi connectivity index (χ0v) is 15.3. The molecule has 1 aromatic heterocycles. The molecule has 1 amide bonds. The third kappa shape index (κ3) is 3.59. The fourth-order valence-electron chi connectivity index (χ4n) is 3.02. The van der Waals surface area contributed by atoms with E-state index in [1.54, 1.807) is 16.8 Å². The van der Waals surface area contributed by atoms with Gasteiger partial charge in [-0.05, 0) is 30.2 Å². The van der Waals surface area contributed by atoms with Crippen molar-refractivity contribution in [1.29, 1.82) is 0 Å². The average molecular weight is 378 g/mol. The molecule has 0 aliphatic carbocycles. The molecule has 0 spiro atoms. The number of nitrogens with zero attached hydrogens (tertiary/aromatic N) is 3. The molecule has 0 radical (unpaired) electrons. The number of ether oxygens (including phenoxy) is 1. The SMILES string of the molecule is CC(C)c1c(C(=O)N2CCOC(C(=O)O)C2)cnn1-c1ccc(Cl)cc1. The molecule has 7 nitrogen and oxygen atoms in total. The molecule has 1 aromatic carbocycles. The van der Waals surface area contributed by atoms with Crippen LogP contribution in [0.1, 0.15) is 35.8 Å². The molecule has 1 unspecified atom stereocenters. The summed E-state index contributed by atoms with van der Waals surface area (Å²) in [6.45, 7) is 4.55. The van der Waals surface area contributed by atoms with E-state index in [1.807, 2.05) is 26.0 Å². The number of benzene rings is 1. The van der Waals surface area contributed by atoms with Crippen molar-refractivity contribution in [1.82, 2.24) is 14.7 Å². The third-order valence-corrected chi connectivity index (χ3v) is 4.54. The van der Waals surface area contributed by atoms with Crippen molar-refractivity contribution in [3.8, 4) is 5.69 Å². The summed E-state index contributed by atoms with van der Waals surface area (Å²) in [7, 11) is 0. The fourth-order valence-corrected chi connectivity index (χ4v) is 3.15. The van der Waals surface area contributed by atoms with Crippen LogP contribution in [0.4, 0.5) is 0 Å². The monoisotopic (exact) mass is 377 g/mol. The molecule has 1 aliphatic rings. The second-order valence-electron chi connectivity index (χ2n) is 6.44. The van der Waals surface area contributed by atoms with E-state index in [1.165, 1.54) is 11.1 Å². The molecule has 3 rings (SSSR count). The Hall–Kier alpha value is -2.38. The molecule has 2 aromatic rings. The van der Waals surface area contributed by atoms with Crippen LogP contribution in [0.15, 0.2) is 30.5 Å². The van der Waals surface area contributed by atoms with Crippen LogP contribution in [0.3, 0.4) is 0 Å². The van der Waals surface area contributed by atoms with Gasteiger partial charge < -0.3 is 14.7 Å². The number of carbonyl (C=O) groups is 2. The predicted octanol–water partition coefficient (Wildman–Crippen LogP) is 2.57. The van der Waals surface area contributed by atoms with Gasteiger partial charge in [0.15, 0.2) is 6.10 Å². The van der Waals surface area contributed by atoms with Gasteiger partial charge in [0.1, 0.15) is 0 Å². The van der Waals surface area contributed by atoms with Crippen LogP contribution in [0.25, 0.3) is 5.69 Å². The first-order valence-corrected chi connectivity index (χ1v) is 8.73. The molecule has 26 heavy (non-hydrogen) atoms. The van der Waals surface area contributed by atoms with Gasteiger partial charge in [0.05, 0.1) is 36.3 Å². The summed E-state index contributed by atoms with van der Waals surface area (Å²) in [6.07, 6.45) is 0.541. The summed E-state index contributed by atoms with van der Waals surface area (Å²) in [4.78, 5) is 25.7. The highest BCUT2D eigenvalue weighted by Gasteiger charge is 2.32. The standard InChI is InChI=1S/C18H20ClN3O4/c1-11(2)16-14(9-20-22(16)13-5-3-12(19)4-6-13)17(23)21-7-8-26-15(10-21)18(24)25/h3-6,9,11,15H,7-8,10H2,1-2H3,(H,24,25). The maximum atomic E-state index is 13.0. The average Bonchev–Trinajstić information content (AvgIpc) is 3.07. The summed E-state index contributed by atoms with van der Waals surface area (Å²) in [5, 5.41) is 14.1. The number of aromatic nitrogens is 2. The van der Waals surface area contributed by atoms with Crippen molar-refractivity contribution in [3.05, 3.63) is 46.7 Å². The van der Waals surface area contributed by atoms with Crippen LogP contribution in [-0.2, 0) is 9.53 Å². The third-order valence-electron chi connectivity index (χ3n) is 4.28. The number of morpholine rings is 1. The topological polar surface area (TPSA) is 84.7 Å². The van der Waals surface area contributed by atoms with Crippen LogP contribution in [0.5, 0.6) is 0 Å². The molecule has 1 N–H and O–H groups in total. The summed E-state index contributed by atoms with van der Waals surface area (Å²) in [5.74, 6) is -1.25. The van der Waals surface area contributed by atoms with E-state index in [9.17, 15) is 9.59 Å². The molecule has 1 fully saturated rings. The Balaban J connectivity index is 1.93. The molecule has 1 aliphatic heterocycles. The number of hydrogen-bond acceptors (Lipinski definition) is 4. The lowest BCUT2D eigenvalue weighted by Gasteiger charge is -2.31. The Morgan fingerprint density at radius 2 is 2.00 bits per heavy atom. The fraction of sp³-hybridized carbons (Fsp3) is 0.389. The van der Waals surface area contributed by atoms with Gasteiger partial charge in [-0.15, -0.1) is 0 Å². The number of rotatable bonds is 4. The lowest BCUT2D eigenvalue weighted by atomic mass is 10.0. The molecule has 2 heterocycles. The zero-order chi connectivity index (χ0) is 18.8. The Labute approximate surface area is 156 Å². The lowest BCUT2D eigenvalue weighted by Crippen LogP contribution is -2.48. The van der Waals surface area contributed by atoms with E-state index in [4.69, 9.17) is 21.4 Å². The number of halogens is 1. The Morgan fingerprint density at radius 1 is 1.31 bits per heavy atom. The van der Waals surface area contributed by atoms with Crippen molar-refractivity contribution in [2.75, 3.05) is 19.7 Å². The number of carbonyl (C=O) groups excluding carboxylic acids is 1. The van der Waals surface area contributed by atoms with Crippen LogP contribution < -0.4 is 0 Å². The minimum absolute atomic E-state index is 0.0256. The molecule has 0 saturated carbocycles. The Bertz CT molecular complexity index is 816. The number of carboxylic acid groups (broad SMARTS) is 1. The van der Waals surface area contributed by atoms with E-state index in [-0.39, 0.29) is 25.0 Å². The van der Waals surface area contributed by atoms with Gasteiger partial charge in [-0.2, -0.15) is 5.10 Å². The number of amides is 1. The molecule has 1 saturated heterocycles. The minimum atomic E-state index is -1.07. The molecule has 8 heteroatoms. The second kappa shape index (κ2) is 7.47. The molecule has 1 atom stereocenters. The van der Waals surface area contributed by atoms with Crippen molar-refractivity contribution in [3.63, 3.8) is 0 Å². The Kier molecular flexibility index (Phi) is 5.29. The van der Waals surface area contributed by atoms with Gasteiger partial charge in [0, 0.05) is 11.6 Å². The van der Waals surface area contributed by atoms with E-state index in [0.717, 1.165) is 11.4 Å². The first-order valence-electron chi connectivity index (χ1n) is 8.36. The lowest BCUT2D eigenvalue weighted by molar-refractivity contribution is -0.154. The maximum Gasteiger partial charge on any atom is 0.334 e. The highest BCUT2D eigenvalue weighted by atomic mass is 35.5. The summed E-state index contributed by atoms with van der Waals surface area (Å²) in [5.41, 5.74) is 2.05. The van der Waals surface area contributed by atoms with Gasteiger partial charge in [-0.1, -0.05) is 25.4 Å². The minimum Gasteiger partial charge on any atom is -0.479 e. The number of carboxylic acids is 1. The van der Waals surface area contributed by atoms with Crippen LogP contribution in [-0.4, -0.2) is 57.5 Å². The summed E-state index contributed by atoms with van der Waals surface area (Å²) >= 11 is 5.95. The van der Waals surface area contributed by atoms with Crippen LogP contribution in [0.2, 0.25) is 5.02 Å². The molecular weight excluding hydrogens is 358 g/mol. The smallest absolute Gasteiger partial charge is 0.334 e. The second-order valence-corrected chi connectivity index (χ2v) is 6.87. The number of aliphatic carboxylic acids is 1. The van der Waals surface area contributed by atoms with Crippen molar-refractivity contribution in [2.45, 2.75) is 25.9 Å². The quantitative estimate of drug-likeness (QED) is 0.885. The Morgan fingerprint density at radius 3 is 2.62 bits per heavy atom. The van der Waals surface area contributed by atoms with E-state index in [0.29, 0.717) is 17.1 Å². The van der Waals surface area contributed by atoms with E-state index < -0.39 is 12.1 Å². The van der Waals surface area contributed by atoms with Crippen molar-refractivity contribution < 1.29 is 19.4 Å². The van der Waals surface area contributed by atoms with Crippen molar-refractivity contribution >= 4 is 23.5 Å². The van der Waals surface area contributed by atoms with Crippen LogP contribution >= 0.6 is 11.6 Å². The molecule has 0 bridgehead atoms. The van der Waals surface area contributed by atoms with E-state index in [2.05, 4.69) is 5.10 Å². The first kappa shape index (κ1) is 18.4. The van der Waals surface area contributed by atoms with Crippen LogP contribution in [0, 0.1) is 0 Å². The normalized spacial score (nSPS) is 17.5. The predicted molar refractivity (Wildman–Crippen MR) is 95.9 cm³/mol. The molecular formula is C18H20ClN3O4. The number of hydrogen-bond donors (Lipinski definition) is 1. The maximum absolute atomic E-state index is 13.0. The van der Waals surface area contributed by atoms with Gasteiger partial charge in [0.2, 0.25) is 0 Å². The van der Waals surface area contributed by atoms with E-state index >= 15 is 0 Å². The molecule has 138 valence electrons.